The lowest BCUT2D eigenvalue weighted by Gasteiger charge is -2.02. The van der Waals surface area contributed by atoms with Crippen molar-refractivity contribution in [2.75, 3.05) is 13.2 Å². The summed E-state index contributed by atoms with van der Waals surface area (Å²) in [6, 6.07) is 0. The van der Waals surface area contributed by atoms with Crippen LogP contribution in [-0.4, -0.2) is 24.0 Å². The van der Waals surface area contributed by atoms with Crippen LogP contribution in [0.25, 0.3) is 0 Å². The molecule has 4 heteroatoms. The van der Waals surface area contributed by atoms with E-state index < -0.39 is 0 Å². The first kappa shape index (κ1) is 10.8. The van der Waals surface area contributed by atoms with E-state index in [0.717, 1.165) is 36.8 Å². The molecule has 1 unspecified atom stereocenters. The topological polar surface area (TPSA) is 39.2 Å². The Labute approximate surface area is 93.5 Å². The molecule has 1 saturated heterocycles. The normalized spacial score (nSPS) is 20.7. The Morgan fingerprint density at radius 3 is 3.27 bits per heavy atom. The van der Waals surface area contributed by atoms with Crippen molar-refractivity contribution in [3.8, 4) is 0 Å². The first-order valence-electron chi connectivity index (χ1n) is 5.24. The standard InChI is InChI=1S/C11H15NO2S/c1-8(13)4-10-7-15-11(12-10)5-9-2-3-14-6-9/h7,9H,2-6H2,1H3. The van der Waals surface area contributed by atoms with Gasteiger partial charge in [-0.15, -0.1) is 11.3 Å². The molecule has 1 aromatic heterocycles. The molecule has 1 atom stereocenters. The smallest absolute Gasteiger partial charge is 0.135 e. The maximum absolute atomic E-state index is 10.9. The number of Topliss-reactive ketones (excluding diaryl/α,β-unsaturated/α-hetero) is 1. The lowest BCUT2D eigenvalue weighted by molar-refractivity contribution is -0.116. The molecule has 0 N–H and O–H groups in total. The molecule has 0 aromatic carbocycles. The molecule has 0 spiro atoms. The molecule has 82 valence electrons. The number of rotatable bonds is 4. The van der Waals surface area contributed by atoms with Gasteiger partial charge in [-0.1, -0.05) is 0 Å². The molecule has 1 aromatic rings. The summed E-state index contributed by atoms with van der Waals surface area (Å²) in [4.78, 5) is 15.4. The van der Waals surface area contributed by atoms with Gasteiger partial charge in [0.2, 0.25) is 0 Å². The van der Waals surface area contributed by atoms with Crippen LogP contribution in [0.15, 0.2) is 5.38 Å². The molecule has 2 rings (SSSR count). The van der Waals surface area contributed by atoms with Crippen LogP contribution in [0.3, 0.4) is 0 Å². The van der Waals surface area contributed by atoms with E-state index in [1.54, 1.807) is 18.3 Å². The van der Waals surface area contributed by atoms with Crippen LogP contribution in [0.2, 0.25) is 0 Å². The first-order chi connectivity index (χ1) is 7.24. The van der Waals surface area contributed by atoms with E-state index in [-0.39, 0.29) is 5.78 Å². The number of carbonyl (C=O) groups is 1. The van der Waals surface area contributed by atoms with Crippen LogP contribution in [0, 0.1) is 5.92 Å². The van der Waals surface area contributed by atoms with E-state index in [4.69, 9.17) is 4.74 Å². The first-order valence-corrected chi connectivity index (χ1v) is 6.12. The fraction of sp³-hybridized carbons (Fsp3) is 0.636. The van der Waals surface area contributed by atoms with Gasteiger partial charge in [0.15, 0.2) is 0 Å². The minimum absolute atomic E-state index is 0.177. The highest BCUT2D eigenvalue weighted by atomic mass is 32.1. The molecule has 0 bridgehead atoms. The summed E-state index contributed by atoms with van der Waals surface area (Å²) in [5, 5.41) is 3.13. The fourth-order valence-electron chi connectivity index (χ4n) is 1.77. The number of hydrogen-bond acceptors (Lipinski definition) is 4. The van der Waals surface area contributed by atoms with Gasteiger partial charge in [-0.05, 0) is 19.3 Å². The summed E-state index contributed by atoms with van der Waals surface area (Å²) in [6.07, 6.45) is 2.61. The molecule has 0 aliphatic carbocycles. The molecule has 0 amide bonds. The number of carbonyl (C=O) groups excluding carboxylic acids is 1. The molecule has 1 fully saturated rings. The van der Waals surface area contributed by atoms with Gasteiger partial charge in [-0.2, -0.15) is 0 Å². The molecule has 0 radical (unpaired) electrons. The quantitative estimate of drug-likeness (QED) is 0.785. The number of thiazole rings is 1. The van der Waals surface area contributed by atoms with E-state index in [1.807, 2.05) is 5.38 Å². The van der Waals surface area contributed by atoms with E-state index in [1.165, 1.54) is 0 Å². The second-order valence-corrected chi connectivity index (χ2v) is 4.99. The molecular weight excluding hydrogens is 210 g/mol. The Balaban J connectivity index is 1.91. The average molecular weight is 225 g/mol. The van der Waals surface area contributed by atoms with Crippen molar-refractivity contribution >= 4 is 17.1 Å². The molecule has 1 aliphatic heterocycles. The summed E-state index contributed by atoms with van der Waals surface area (Å²) in [7, 11) is 0. The lowest BCUT2D eigenvalue weighted by atomic mass is 10.1. The SMILES string of the molecule is CC(=O)Cc1csc(CC2CCOC2)n1. The lowest BCUT2D eigenvalue weighted by Crippen LogP contribution is -2.03. The molecule has 1 aliphatic rings. The molecule has 3 nitrogen and oxygen atoms in total. The van der Waals surface area contributed by atoms with Crippen LogP contribution in [-0.2, 0) is 22.4 Å². The molecular formula is C11H15NO2S. The highest BCUT2D eigenvalue weighted by Gasteiger charge is 2.17. The zero-order chi connectivity index (χ0) is 10.7. The van der Waals surface area contributed by atoms with Crippen molar-refractivity contribution in [3.63, 3.8) is 0 Å². The number of nitrogens with zero attached hydrogens (tertiary/aromatic N) is 1. The number of aromatic nitrogens is 1. The van der Waals surface area contributed by atoms with E-state index in [2.05, 4.69) is 4.98 Å². The molecule has 0 saturated carbocycles. The third-order valence-corrected chi connectivity index (χ3v) is 3.44. The largest absolute Gasteiger partial charge is 0.381 e. The predicted octanol–water partition coefficient (Wildman–Crippen LogP) is 1.85. The Bertz CT molecular complexity index is 342. The highest BCUT2D eigenvalue weighted by molar-refractivity contribution is 7.09. The Morgan fingerprint density at radius 2 is 2.60 bits per heavy atom. The van der Waals surface area contributed by atoms with Gasteiger partial charge < -0.3 is 4.74 Å². The highest BCUT2D eigenvalue weighted by Crippen LogP contribution is 2.20. The van der Waals surface area contributed by atoms with Crippen molar-refractivity contribution < 1.29 is 9.53 Å². The summed E-state index contributed by atoms with van der Waals surface area (Å²) in [5.41, 5.74) is 0.918. The number of hydrogen-bond donors (Lipinski definition) is 0. The van der Waals surface area contributed by atoms with Gasteiger partial charge in [-0.25, -0.2) is 4.98 Å². The maximum Gasteiger partial charge on any atom is 0.135 e. The van der Waals surface area contributed by atoms with Crippen molar-refractivity contribution in [2.45, 2.75) is 26.2 Å². The minimum Gasteiger partial charge on any atom is -0.381 e. The van der Waals surface area contributed by atoms with Crippen molar-refractivity contribution in [1.29, 1.82) is 0 Å². The van der Waals surface area contributed by atoms with Crippen LogP contribution in [0.1, 0.15) is 24.0 Å². The Hall–Kier alpha value is -0.740. The van der Waals surface area contributed by atoms with Gasteiger partial charge in [0.05, 0.1) is 10.7 Å². The van der Waals surface area contributed by atoms with Crippen LogP contribution in [0.5, 0.6) is 0 Å². The Kier molecular flexibility index (Phi) is 3.49. The van der Waals surface area contributed by atoms with Crippen LogP contribution < -0.4 is 0 Å². The molecule has 15 heavy (non-hydrogen) atoms. The van der Waals surface area contributed by atoms with Crippen molar-refractivity contribution in [1.82, 2.24) is 4.98 Å². The Morgan fingerprint density at radius 1 is 1.73 bits per heavy atom. The maximum atomic E-state index is 10.9. The van der Waals surface area contributed by atoms with Crippen LogP contribution >= 0.6 is 11.3 Å². The average Bonchev–Trinajstić information content (AvgIpc) is 2.77. The van der Waals surface area contributed by atoms with Crippen molar-refractivity contribution in [3.05, 3.63) is 16.1 Å². The predicted molar refractivity (Wildman–Crippen MR) is 59.1 cm³/mol. The van der Waals surface area contributed by atoms with Gasteiger partial charge in [0.1, 0.15) is 5.78 Å². The van der Waals surface area contributed by atoms with E-state index in [9.17, 15) is 4.79 Å². The third-order valence-electron chi connectivity index (χ3n) is 2.52. The zero-order valence-electron chi connectivity index (χ0n) is 8.86. The van der Waals surface area contributed by atoms with Crippen molar-refractivity contribution in [2.24, 2.45) is 5.92 Å². The van der Waals surface area contributed by atoms with Gasteiger partial charge in [0.25, 0.3) is 0 Å². The zero-order valence-corrected chi connectivity index (χ0v) is 9.68. The van der Waals surface area contributed by atoms with Gasteiger partial charge >= 0.3 is 0 Å². The number of ketones is 1. The van der Waals surface area contributed by atoms with Gasteiger partial charge in [0, 0.05) is 31.4 Å². The second-order valence-electron chi connectivity index (χ2n) is 4.05. The minimum atomic E-state index is 0.177. The monoisotopic (exact) mass is 225 g/mol. The van der Waals surface area contributed by atoms with Crippen LogP contribution in [0.4, 0.5) is 0 Å². The summed E-state index contributed by atoms with van der Waals surface area (Å²) < 4.78 is 5.32. The summed E-state index contributed by atoms with van der Waals surface area (Å²) in [6.45, 7) is 3.35. The van der Waals surface area contributed by atoms with Gasteiger partial charge in [-0.3, -0.25) is 4.79 Å². The molecule has 2 heterocycles. The summed E-state index contributed by atoms with van der Waals surface area (Å²) in [5.74, 6) is 0.803. The van der Waals surface area contributed by atoms with E-state index in [0.29, 0.717) is 12.3 Å². The summed E-state index contributed by atoms with van der Waals surface area (Å²) >= 11 is 1.66. The third kappa shape index (κ3) is 3.11. The van der Waals surface area contributed by atoms with E-state index >= 15 is 0 Å². The fourth-order valence-corrected chi connectivity index (χ4v) is 2.68. The number of ether oxygens (including phenoxy) is 1. The second kappa shape index (κ2) is 4.86.